The van der Waals surface area contributed by atoms with Gasteiger partial charge in [-0.1, -0.05) is 6.42 Å². The Hall–Kier alpha value is -1.52. The third kappa shape index (κ3) is 2.98. The Labute approximate surface area is 138 Å². The standard InChI is InChI=1S/C18H28N4O/c1-22-11-12(10-20-22)4-3-7-19-18(23)21-17-9-13-8-16(17)15-6-2-5-14(13)15/h10-11,13-17H,2-9H2,1H3,(H2,19,21,23). The van der Waals surface area contributed by atoms with Crippen LogP contribution in [0.4, 0.5) is 4.79 Å². The van der Waals surface area contributed by atoms with Crippen molar-refractivity contribution in [3.8, 4) is 0 Å². The molecule has 0 radical (unpaired) electrons. The first-order valence-electron chi connectivity index (χ1n) is 9.22. The quantitative estimate of drug-likeness (QED) is 0.820. The van der Waals surface area contributed by atoms with Crippen molar-refractivity contribution in [2.75, 3.05) is 6.54 Å². The lowest BCUT2D eigenvalue weighted by Gasteiger charge is -2.32. The molecule has 2 N–H and O–H groups in total. The molecular formula is C18H28N4O. The molecule has 5 nitrogen and oxygen atoms in total. The highest BCUT2D eigenvalue weighted by molar-refractivity contribution is 5.74. The molecule has 5 atom stereocenters. The zero-order valence-electron chi connectivity index (χ0n) is 14.0. The summed E-state index contributed by atoms with van der Waals surface area (Å²) in [5.74, 6) is 3.54. The molecule has 4 rings (SSSR count). The fourth-order valence-corrected chi connectivity index (χ4v) is 5.55. The molecule has 3 saturated carbocycles. The van der Waals surface area contributed by atoms with Gasteiger partial charge in [0, 0.05) is 25.8 Å². The van der Waals surface area contributed by atoms with Crippen LogP contribution in [-0.2, 0) is 13.5 Å². The van der Waals surface area contributed by atoms with Crippen LogP contribution in [0.2, 0.25) is 0 Å². The number of aromatic nitrogens is 2. The van der Waals surface area contributed by atoms with Crippen LogP contribution in [0.15, 0.2) is 12.4 Å². The van der Waals surface area contributed by atoms with Crippen LogP contribution in [0.25, 0.3) is 0 Å². The average molecular weight is 316 g/mol. The van der Waals surface area contributed by atoms with E-state index < -0.39 is 0 Å². The summed E-state index contributed by atoms with van der Waals surface area (Å²) in [6.07, 6.45) is 12.7. The van der Waals surface area contributed by atoms with E-state index in [1.807, 2.05) is 24.1 Å². The molecular weight excluding hydrogens is 288 g/mol. The van der Waals surface area contributed by atoms with E-state index in [-0.39, 0.29) is 6.03 Å². The van der Waals surface area contributed by atoms with Crippen molar-refractivity contribution in [3.63, 3.8) is 0 Å². The summed E-state index contributed by atoms with van der Waals surface area (Å²) in [7, 11) is 1.93. The van der Waals surface area contributed by atoms with Crippen LogP contribution < -0.4 is 10.6 Å². The number of urea groups is 1. The molecule has 3 fully saturated rings. The fourth-order valence-electron chi connectivity index (χ4n) is 5.55. The Balaban J connectivity index is 1.18. The first-order chi connectivity index (χ1) is 11.2. The Morgan fingerprint density at radius 3 is 3.00 bits per heavy atom. The second kappa shape index (κ2) is 6.17. The number of nitrogens with zero attached hydrogens (tertiary/aromatic N) is 2. The van der Waals surface area contributed by atoms with Gasteiger partial charge < -0.3 is 10.6 Å². The van der Waals surface area contributed by atoms with Crippen LogP contribution >= 0.6 is 0 Å². The van der Waals surface area contributed by atoms with Crippen LogP contribution in [0, 0.1) is 23.7 Å². The van der Waals surface area contributed by atoms with Gasteiger partial charge in [-0.25, -0.2) is 4.79 Å². The monoisotopic (exact) mass is 316 g/mol. The highest BCUT2D eigenvalue weighted by atomic mass is 16.2. The molecule has 3 aliphatic carbocycles. The Morgan fingerprint density at radius 2 is 2.17 bits per heavy atom. The molecule has 5 unspecified atom stereocenters. The Bertz CT molecular complexity index is 569. The van der Waals surface area contributed by atoms with Gasteiger partial charge in [0.05, 0.1) is 6.20 Å². The Kier molecular flexibility index (Phi) is 4.04. The number of rotatable bonds is 5. The average Bonchev–Trinajstić information content (AvgIpc) is 3.25. The van der Waals surface area contributed by atoms with Crippen molar-refractivity contribution in [2.24, 2.45) is 30.7 Å². The largest absolute Gasteiger partial charge is 0.338 e. The van der Waals surface area contributed by atoms with Crippen LogP contribution in [0.1, 0.15) is 44.1 Å². The van der Waals surface area contributed by atoms with Gasteiger partial charge in [-0.3, -0.25) is 4.68 Å². The molecule has 126 valence electrons. The summed E-state index contributed by atoms with van der Waals surface area (Å²) in [4.78, 5) is 12.1. The van der Waals surface area contributed by atoms with Gasteiger partial charge >= 0.3 is 6.03 Å². The molecule has 0 aromatic carbocycles. The number of carbonyl (C=O) groups excluding carboxylic acids is 1. The number of amides is 2. The predicted molar refractivity (Wildman–Crippen MR) is 88.9 cm³/mol. The maximum Gasteiger partial charge on any atom is 0.315 e. The number of carbonyl (C=O) groups is 1. The van der Waals surface area contributed by atoms with E-state index in [9.17, 15) is 4.79 Å². The van der Waals surface area contributed by atoms with Crippen molar-refractivity contribution in [1.82, 2.24) is 20.4 Å². The molecule has 0 aliphatic heterocycles. The molecule has 2 bridgehead atoms. The third-order valence-electron chi connectivity index (χ3n) is 6.43. The minimum Gasteiger partial charge on any atom is -0.338 e. The van der Waals surface area contributed by atoms with E-state index in [2.05, 4.69) is 15.7 Å². The molecule has 0 saturated heterocycles. The van der Waals surface area contributed by atoms with Gasteiger partial charge in [-0.2, -0.15) is 5.10 Å². The van der Waals surface area contributed by atoms with Crippen LogP contribution in [-0.4, -0.2) is 28.4 Å². The van der Waals surface area contributed by atoms with Crippen molar-refractivity contribution in [2.45, 2.75) is 51.0 Å². The van der Waals surface area contributed by atoms with E-state index in [4.69, 9.17) is 0 Å². The molecule has 3 aliphatic rings. The molecule has 1 aromatic heterocycles. The maximum absolute atomic E-state index is 12.1. The minimum atomic E-state index is 0.0308. The van der Waals surface area contributed by atoms with Gasteiger partial charge in [0.25, 0.3) is 0 Å². The topological polar surface area (TPSA) is 59.0 Å². The second-order valence-electron chi connectivity index (χ2n) is 7.79. The van der Waals surface area contributed by atoms with Crippen LogP contribution in [0.5, 0.6) is 0 Å². The highest BCUT2D eigenvalue weighted by Crippen LogP contribution is 2.58. The summed E-state index contributed by atoms with van der Waals surface area (Å²) >= 11 is 0. The van der Waals surface area contributed by atoms with Gasteiger partial charge in [0.1, 0.15) is 0 Å². The molecule has 1 heterocycles. The predicted octanol–water partition coefficient (Wildman–Crippen LogP) is 2.48. The number of fused-ring (bicyclic) bond motifs is 5. The van der Waals surface area contributed by atoms with Crippen molar-refractivity contribution >= 4 is 6.03 Å². The molecule has 5 heteroatoms. The third-order valence-corrected chi connectivity index (χ3v) is 6.43. The van der Waals surface area contributed by atoms with E-state index >= 15 is 0 Å². The lowest BCUT2D eigenvalue weighted by molar-refractivity contribution is 0.198. The summed E-state index contributed by atoms with van der Waals surface area (Å²) in [5.41, 5.74) is 1.23. The fraction of sp³-hybridized carbons (Fsp3) is 0.778. The first-order valence-corrected chi connectivity index (χ1v) is 9.22. The SMILES string of the molecule is Cn1cc(CCCNC(=O)NC2CC3CC2C2CCCC32)cn1. The second-order valence-corrected chi connectivity index (χ2v) is 7.79. The van der Waals surface area contributed by atoms with Crippen molar-refractivity contribution in [3.05, 3.63) is 18.0 Å². The normalized spacial score (nSPS) is 34.6. The summed E-state index contributed by atoms with van der Waals surface area (Å²) in [6.45, 7) is 0.730. The van der Waals surface area contributed by atoms with Gasteiger partial charge in [0.2, 0.25) is 0 Å². The lowest BCUT2D eigenvalue weighted by atomic mass is 9.79. The number of hydrogen-bond acceptors (Lipinski definition) is 2. The zero-order chi connectivity index (χ0) is 15.8. The smallest absolute Gasteiger partial charge is 0.315 e. The van der Waals surface area contributed by atoms with E-state index in [1.54, 1.807) is 0 Å². The summed E-state index contributed by atoms with van der Waals surface area (Å²) < 4.78 is 1.82. The molecule has 0 spiro atoms. The molecule has 23 heavy (non-hydrogen) atoms. The molecule has 2 amide bonds. The highest BCUT2D eigenvalue weighted by Gasteiger charge is 2.53. The summed E-state index contributed by atoms with van der Waals surface area (Å²) in [6, 6.07) is 0.459. The Morgan fingerprint density at radius 1 is 1.30 bits per heavy atom. The van der Waals surface area contributed by atoms with Gasteiger partial charge in [-0.05, 0) is 67.8 Å². The maximum atomic E-state index is 12.1. The van der Waals surface area contributed by atoms with E-state index in [0.717, 1.165) is 43.1 Å². The van der Waals surface area contributed by atoms with Crippen LogP contribution in [0.3, 0.4) is 0 Å². The van der Waals surface area contributed by atoms with E-state index in [0.29, 0.717) is 6.04 Å². The minimum absolute atomic E-state index is 0.0308. The number of nitrogens with one attached hydrogen (secondary N) is 2. The van der Waals surface area contributed by atoms with E-state index in [1.165, 1.54) is 37.7 Å². The van der Waals surface area contributed by atoms with Crippen molar-refractivity contribution < 1.29 is 4.79 Å². The first kappa shape index (κ1) is 15.0. The van der Waals surface area contributed by atoms with Crippen molar-refractivity contribution in [1.29, 1.82) is 0 Å². The summed E-state index contributed by atoms with van der Waals surface area (Å²) in [5, 5.41) is 10.5. The zero-order valence-corrected chi connectivity index (χ0v) is 14.0. The molecule has 1 aromatic rings. The lowest BCUT2D eigenvalue weighted by Crippen LogP contribution is -2.47. The number of aryl methyl sites for hydroxylation is 2. The number of hydrogen-bond donors (Lipinski definition) is 2. The van der Waals surface area contributed by atoms with Gasteiger partial charge in [0.15, 0.2) is 0 Å². The van der Waals surface area contributed by atoms with Gasteiger partial charge in [-0.15, -0.1) is 0 Å².